The van der Waals surface area contributed by atoms with Gasteiger partial charge in [0.05, 0.1) is 25.2 Å². The Bertz CT molecular complexity index is 301. The van der Waals surface area contributed by atoms with Crippen LogP contribution >= 0.6 is 23.2 Å². The molecule has 1 saturated carbocycles. The molecule has 1 aliphatic heterocycles. The van der Waals surface area contributed by atoms with Gasteiger partial charge in [-0.2, -0.15) is 0 Å². The molecule has 2 nitrogen and oxygen atoms in total. The highest BCUT2D eigenvalue weighted by molar-refractivity contribution is 6.51. The van der Waals surface area contributed by atoms with Gasteiger partial charge in [-0.25, -0.2) is 0 Å². The second-order valence-electron chi connectivity index (χ2n) is 4.40. The Kier molecular flexibility index (Phi) is 3.19. The molecule has 1 atom stereocenters. The first-order valence-electron chi connectivity index (χ1n) is 5.21. The molecule has 1 unspecified atom stereocenters. The van der Waals surface area contributed by atoms with Crippen molar-refractivity contribution < 1.29 is 4.74 Å². The van der Waals surface area contributed by atoms with Crippen molar-refractivity contribution in [2.45, 2.75) is 17.7 Å². The molecule has 4 heteroatoms. The second-order valence-corrected chi connectivity index (χ2v) is 5.89. The number of ether oxygens (including phenoxy) is 1. The van der Waals surface area contributed by atoms with Crippen LogP contribution in [0.5, 0.6) is 0 Å². The van der Waals surface area contributed by atoms with Crippen molar-refractivity contribution in [3.63, 3.8) is 0 Å². The molecule has 84 valence electrons. The van der Waals surface area contributed by atoms with Crippen LogP contribution < -0.4 is 0 Å². The van der Waals surface area contributed by atoms with Crippen molar-refractivity contribution in [1.82, 2.24) is 4.90 Å². The molecule has 1 heterocycles. The van der Waals surface area contributed by atoms with Crippen LogP contribution in [0.3, 0.4) is 0 Å². The monoisotopic (exact) mass is 247 g/mol. The normalized spacial score (nSPS) is 34.3. The fraction of sp³-hybridized carbons (Fsp3) is 0.818. The zero-order valence-corrected chi connectivity index (χ0v) is 10.4. The molecule has 1 aliphatic carbocycles. The Labute approximate surface area is 101 Å². The molecule has 0 aromatic heterocycles. The average Bonchev–Trinajstić information content (AvgIpc) is 2.67. The summed E-state index contributed by atoms with van der Waals surface area (Å²) in [7, 11) is 0. The topological polar surface area (TPSA) is 12.5 Å². The molecule has 2 aliphatic rings. The summed E-state index contributed by atoms with van der Waals surface area (Å²) in [5, 5.41) is 0. The molecule has 0 aromatic carbocycles. The quantitative estimate of drug-likeness (QED) is 0.519. The lowest BCUT2D eigenvalue weighted by atomic mass is 10.1. The molecule has 0 aromatic rings. The third-order valence-corrected chi connectivity index (χ3v) is 4.13. The molecule has 0 bridgehead atoms. The van der Waals surface area contributed by atoms with E-state index in [1.165, 1.54) is 0 Å². The predicted molar refractivity (Wildman–Crippen MR) is 62.2 cm³/mol. The van der Waals surface area contributed by atoms with E-state index in [0.29, 0.717) is 0 Å². The molecular formula is C11H15Cl2NO. The van der Waals surface area contributed by atoms with E-state index in [-0.39, 0.29) is 5.41 Å². The van der Waals surface area contributed by atoms with E-state index in [1.54, 1.807) is 0 Å². The SMILES string of the molecule is CC1(C#CCN2CCOCC2)CC1(Cl)Cl. The van der Waals surface area contributed by atoms with Crippen LogP contribution in [0.4, 0.5) is 0 Å². The Hall–Kier alpha value is 0.0600. The van der Waals surface area contributed by atoms with Crippen molar-refractivity contribution in [3.05, 3.63) is 0 Å². The third-order valence-electron chi connectivity index (χ3n) is 3.03. The van der Waals surface area contributed by atoms with Gasteiger partial charge in [0.25, 0.3) is 0 Å². The summed E-state index contributed by atoms with van der Waals surface area (Å²) in [6.07, 6.45) is 0.777. The van der Waals surface area contributed by atoms with E-state index in [0.717, 1.165) is 39.3 Å². The minimum atomic E-state index is -0.620. The Balaban J connectivity index is 1.80. The van der Waals surface area contributed by atoms with Crippen molar-refractivity contribution in [2.75, 3.05) is 32.8 Å². The summed E-state index contributed by atoms with van der Waals surface area (Å²) in [4.78, 5) is 2.28. The van der Waals surface area contributed by atoms with Crippen LogP contribution in [0, 0.1) is 17.3 Å². The van der Waals surface area contributed by atoms with Crippen LogP contribution in [-0.2, 0) is 4.74 Å². The lowest BCUT2D eigenvalue weighted by molar-refractivity contribution is 0.0443. The van der Waals surface area contributed by atoms with E-state index in [2.05, 4.69) is 16.7 Å². The molecule has 1 saturated heterocycles. The van der Waals surface area contributed by atoms with Gasteiger partial charge < -0.3 is 4.74 Å². The fourth-order valence-corrected chi connectivity index (χ4v) is 2.27. The maximum absolute atomic E-state index is 6.00. The molecule has 2 rings (SSSR count). The highest BCUT2D eigenvalue weighted by atomic mass is 35.5. The largest absolute Gasteiger partial charge is 0.379 e. The van der Waals surface area contributed by atoms with Gasteiger partial charge in [-0.05, 0) is 6.92 Å². The third kappa shape index (κ3) is 2.60. The summed E-state index contributed by atoms with van der Waals surface area (Å²) < 4.78 is 4.64. The lowest BCUT2D eigenvalue weighted by Crippen LogP contribution is -2.36. The number of nitrogens with zero attached hydrogens (tertiary/aromatic N) is 1. The van der Waals surface area contributed by atoms with Crippen LogP contribution in [0.1, 0.15) is 13.3 Å². The van der Waals surface area contributed by atoms with E-state index in [1.807, 2.05) is 6.92 Å². The summed E-state index contributed by atoms with van der Waals surface area (Å²) in [6, 6.07) is 0. The number of morpholine rings is 1. The van der Waals surface area contributed by atoms with Crippen molar-refractivity contribution >= 4 is 23.2 Å². The minimum Gasteiger partial charge on any atom is -0.379 e. The average molecular weight is 248 g/mol. The summed E-state index contributed by atoms with van der Waals surface area (Å²) in [5.41, 5.74) is -0.192. The van der Waals surface area contributed by atoms with Gasteiger partial charge in [0.1, 0.15) is 4.33 Å². The van der Waals surface area contributed by atoms with Gasteiger partial charge in [-0.3, -0.25) is 4.90 Å². The van der Waals surface area contributed by atoms with Gasteiger partial charge in [-0.1, -0.05) is 35.0 Å². The highest BCUT2D eigenvalue weighted by Gasteiger charge is 2.62. The minimum absolute atomic E-state index is 0.192. The molecule has 15 heavy (non-hydrogen) atoms. The first-order chi connectivity index (χ1) is 7.04. The number of alkyl halides is 2. The van der Waals surface area contributed by atoms with Gasteiger partial charge in [0.2, 0.25) is 0 Å². The summed E-state index contributed by atoms with van der Waals surface area (Å²) >= 11 is 12.0. The predicted octanol–water partition coefficient (Wildman–Crippen LogP) is 1.91. The molecule has 2 fully saturated rings. The van der Waals surface area contributed by atoms with E-state index < -0.39 is 4.33 Å². The van der Waals surface area contributed by atoms with Crippen LogP contribution in [-0.4, -0.2) is 42.1 Å². The maximum atomic E-state index is 6.00. The lowest BCUT2D eigenvalue weighted by Gasteiger charge is -2.24. The zero-order chi connectivity index (χ0) is 10.9. The zero-order valence-electron chi connectivity index (χ0n) is 8.85. The molecule has 0 spiro atoms. The maximum Gasteiger partial charge on any atom is 0.136 e. The van der Waals surface area contributed by atoms with E-state index >= 15 is 0 Å². The molecule has 0 amide bonds. The smallest absolute Gasteiger partial charge is 0.136 e. The molecular weight excluding hydrogens is 233 g/mol. The number of hydrogen-bond donors (Lipinski definition) is 0. The molecule has 0 N–H and O–H groups in total. The number of rotatable bonds is 1. The summed E-state index contributed by atoms with van der Waals surface area (Å²) in [6.45, 7) is 6.38. The van der Waals surface area contributed by atoms with Crippen LogP contribution in [0.25, 0.3) is 0 Å². The van der Waals surface area contributed by atoms with Crippen molar-refractivity contribution in [1.29, 1.82) is 0 Å². The van der Waals surface area contributed by atoms with Crippen molar-refractivity contribution in [2.24, 2.45) is 5.41 Å². The second kappa shape index (κ2) is 4.14. The number of hydrogen-bond acceptors (Lipinski definition) is 2. The van der Waals surface area contributed by atoms with E-state index in [9.17, 15) is 0 Å². The highest BCUT2D eigenvalue weighted by Crippen LogP contribution is 2.63. The first kappa shape index (κ1) is 11.5. The summed E-state index contributed by atoms with van der Waals surface area (Å²) in [5.74, 6) is 6.34. The van der Waals surface area contributed by atoms with Gasteiger partial charge in [0.15, 0.2) is 0 Å². The number of halogens is 2. The van der Waals surface area contributed by atoms with Crippen LogP contribution in [0.2, 0.25) is 0 Å². The standard InChI is InChI=1S/C11H15Cl2NO/c1-10(9-11(10,12)13)3-2-4-14-5-7-15-8-6-14/h4-9H2,1H3. The van der Waals surface area contributed by atoms with Gasteiger partial charge in [0, 0.05) is 19.5 Å². The van der Waals surface area contributed by atoms with Crippen molar-refractivity contribution in [3.8, 4) is 11.8 Å². The first-order valence-corrected chi connectivity index (χ1v) is 5.97. The Morgan fingerprint density at radius 1 is 1.33 bits per heavy atom. The molecule has 0 radical (unpaired) electrons. The van der Waals surface area contributed by atoms with E-state index in [4.69, 9.17) is 27.9 Å². The fourth-order valence-electron chi connectivity index (χ4n) is 1.64. The van der Waals surface area contributed by atoms with Gasteiger partial charge >= 0.3 is 0 Å². The Morgan fingerprint density at radius 3 is 2.47 bits per heavy atom. The Morgan fingerprint density at radius 2 is 1.93 bits per heavy atom. The van der Waals surface area contributed by atoms with Gasteiger partial charge in [-0.15, -0.1) is 0 Å². The van der Waals surface area contributed by atoms with Crippen LogP contribution in [0.15, 0.2) is 0 Å².